The molecule has 0 fully saturated rings. The van der Waals surface area contributed by atoms with E-state index in [1.807, 2.05) is 12.4 Å². The van der Waals surface area contributed by atoms with Gasteiger partial charge in [-0.05, 0) is 235 Å². The molecule has 0 N–H and O–H groups in total. The van der Waals surface area contributed by atoms with Gasteiger partial charge in [-0.3, -0.25) is 9.97 Å². The van der Waals surface area contributed by atoms with Crippen molar-refractivity contribution in [3.8, 4) is 112 Å². The van der Waals surface area contributed by atoms with Crippen LogP contribution in [0.5, 0.6) is 0 Å². The van der Waals surface area contributed by atoms with Gasteiger partial charge in [0.15, 0.2) is 0 Å². The maximum absolute atomic E-state index is 5.19. The number of hydrogen-bond donors (Lipinski definition) is 0. The normalized spacial score (nSPS) is 12.3. The molecule has 6 heterocycles. The fourth-order valence-corrected chi connectivity index (χ4v) is 18.0. The minimum absolute atomic E-state index is 0.985. The van der Waals surface area contributed by atoms with Crippen LogP contribution in [0.4, 0.5) is 0 Å². The van der Waals surface area contributed by atoms with Gasteiger partial charge in [0.2, 0.25) is 0 Å². The summed E-state index contributed by atoms with van der Waals surface area (Å²) in [4.78, 5) is 10.2. The van der Waals surface area contributed by atoms with Crippen LogP contribution in [0.2, 0.25) is 0 Å². The second kappa shape index (κ2) is 20.9. The second-order valence-corrected chi connectivity index (χ2v) is 27.5. The lowest BCUT2D eigenvalue weighted by molar-refractivity contribution is 1.18. The number of para-hydroxylation sites is 5. The molecule has 23 rings (SSSR count). The fourth-order valence-electron chi connectivity index (χ4n) is 18.0. The third kappa shape index (κ3) is 7.77. The van der Waals surface area contributed by atoms with Crippen LogP contribution in [0.3, 0.4) is 0 Å². The van der Waals surface area contributed by atoms with E-state index >= 15 is 0 Å². The Labute approximate surface area is 585 Å². The lowest BCUT2D eigenvalue weighted by Gasteiger charge is -2.13. The van der Waals surface area contributed by atoms with Crippen LogP contribution in [0.15, 0.2) is 340 Å². The summed E-state index contributed by atoms with van der Waals surface area (Å²) in [7, 11) is 0. The van der Waals surface area contributed by atoms with Crippen LogP contribution >= 0.6 is 0 Å². The number of fused-ring (bicyclic) bond motifs is 18. The van der Waals surface area contributed by atoms with Crippen LogP contribution in [0, 0.1) is 0 Å². The second-order valence-electron chi connectivity index (χ2n) is 27.5. The molecule has 0 saturated heterocycles. The van der Waals surface area contributed by atoms with E-state index in [0.717, 1.165) is 78.1 Å². The van der Waals surface area contributed by atoms with Gasteiger partial charge in [0.1, 0.15) is 0 Å². The largest absolute Gasteiger partial charge is 0.309 e. The van der Waals surface area contributed by atoms with E-state index in [1.54, 1.807) is 0 Å². The first-order valence-corrected chi connectivity index (χ1v) is 35.1. The number of benzene rings is 15. The first-order valence-electron chi connectivity index (χ1n) is 35.1. The highest BCUT2D eigenvalue weighted by atomic mass is 15.0. The first-order chi connectivity index (χ1) is 50.6. The highest BCUT2D eigenvalue weighted by Crippen LogP contribution is 2.55. The van der Waals surface area contributed by atoms with Crippen LogP contribution in [0.25, 0.3) is 221 Å². The molecule has 21 aromatic rings. The molecule has 470 valence electrons. The summed E-state index contributed by atoms with van der Waals surface area (Å²) in [5.41, 5.74) is 35.1. The van der Waals surface area contributed by atoms with Crippen molar-refractivity contribution in [2.24, 2.45) is 0 Å². The maximum Gasteiger partial charge on any atom is 0.0735 e. The summed E-state index contributed by atoms with van der Waals surface area (Å²) in [6.45, 7) is 0. The van der Waals surface area contributed by atoms with Gasteiger partial charge in [-0.15, -0.1) is 0 Å². The van der Waals surface area contributed by atoms with Crippen LogP contribution < -0.4 is 0 Å². The Morgan fingerprint density at radius 2 is 0.559 bits per heavy atom. The highest BCUT2D eigenvalue weighted by molar-refractivity contribution is 6.24. The number of aromatic nitrogens is 6. The average Bonchev–Trinajstić information content (AvgIpc) is 1.58. The number of pyridine rings is 2. The Morgan fingerprint density at radius 1 is 0.176 bits per heavy atom. The quantitative estimate of drug-likeness (QED) is 0.152. The summed E-state index contributed by atoms with van der Waals surface area (Å²) in [6.07, 6.45) is 3.96. The maximum atomic E-state index is 5.19. The van der Waals surface area contributed by atoms with Gasteiger partial charge in [-0.2, -0.15) is 0 Å². The van der Waals surface area contributed by atoms with E-state index in [-0.39, 0.29) is 0 Å². The predicted octanol–water partition coefficient (Wildman–Crippen LogP) is 25.1. The van der Waals surface area contributed by atoms with Crippen molar-refractivity contribution in [3.05, 3.63) is 340 Å². The van der Waals surface area contributed by atoms with Crippen molar-refractivity contribution < 1.29 is 0 Å². The van der Waals surface area contributed by atoms with E-state index in [1.165, 1.54) is 143 Å². The Balaban J connectivity index is 0.652. The van der Waals surface area contributed by atoms with Gasteiger partial charge in [-0.25, -0.2) is 0 Å². The molecule has 6 nitrogen and oxygen atoms in total. The SMILES string of the molecule is c1ccc(-n2c3ccccc3c3cc(-c4ccc5c(c4)c4cc(-c6cc7c8c(ccnc8c6)-c6c-7cccc6-c6cccc7c6c6ccc(-c8ccc9c(c8)c8ccccc8n9-c8cc9c%10c(ccnc%10c8)-c8ccccc8-9)cc6n7-c6ccccc6)ccc4n5-c4ccccc4)ccc32)cc1. The third-order valence-corrected chi connectivity index (χ3v) is 22.3. The topological polar surface area (TPSA) is 45.5 Å². The minimum atomic E-state index is 0.985. The molecule has 2 aliphatic carbocycles. The Morgan fingerprint density at radius 3 is 1.15 bits per heavy atom. The zero-order valence-electron chi connectivity index (χ0n) is 55.0. The van der Waals surface area contributed by atoms with Crippen LogP contribution in [0.1, 0.15) is 0 Å². The van der Waals surface area contributed by atoms with Gasteiger partial charge in [0.25, 0.3) is 0 Å². The molecule has 0 amide bonds. The van der Waals surface area contributed by atoms with Gasteiger partial charge >= 0.3 is 0 Å². The summed E-state index contributed by atoms with van der Waals surface area (Å²) >= 11 is 0. The van der Waals surface area contributed by atoms with Gasteiger partial charge < -0.3 is 18.3 Å². The summed E-state index contributed by atoms with van der Waals surface area (Å²) in [6, 6.07) is 122. The number of nitrogens with zero attached hydrogens (tertiary/aromatic N) is 6. The van der Waals surface area contributed by atoms with Crippen molar-refractivity contribution in [1.82, 2.24) is 28.2 Å². The molecule has 15 aromatic carbocycles. The molecule has 0 unspecified atom stereocenters. The molecule has 0 saturated carbocycles. The Kier molecular flexibility index (Phi) is 11.4. The van der Waals surface area contributed by atoms with Crippen molar-refractivity contribution in [1.29, 1.82) is 0 Å². The zero-order valence-corrected chi connectivity index (χ0v) is 55.0. The predicted molar refractivity (Wildman–Crippen MR) is 425 cm³/mol. The zero-order chi connectivity index (χ0) is 66.4. The fraction of sp³-hybridized carbons (Fsp3) is 0. The molecule has 0 atom stereocenters. The molecule has 2 aliphatic rings. The molecule has 0 bridgehead atoms. The Bertz CT molecular complexity index is 7230. The lowest BCUT2D eigenvalue weighted by atomic mass is 9.91. The van der Waals surface area contributed by atoms with Crippen molar-refractivity contribution >= 4 is 109 Å². The molecule has 0 spiro atoms. The summed E-state index contributed by atoms with van der Waals surface area (Å²) in [5.74, 6) is 0. The molecule has 0 aliphatic heterocycles. The van der Waals surface area contributed by atoms with Crippen LogP contribution in [-0.2, 0) is 0 Å². The number of rotatable bonds is 8. The lowest BCUT2D eigenvalue weighted by Crippen LogP contribution is -1.95. The monoisotopic (exact) mass is 1290 g/mol. The first kappa shape index (κ1) is 55.3. The van der Waals surface area contributed by atoms with E-state index in [4.69, 9.17) is 9.97 Å². The van der Waals surface area contributed by atoms with E-state index in [2.05, 4.69) is 346 Å². The van der Waals surface area contributed by atoms with Crippen molar-refractivity contribution in [2.45, 2.75) is 0 Å². The van der Waals surface area contributed by atoms with E-state index in [9.17, 15) is 0 Å². The van der Waals surface area contributed by atoms with E-state index < -0.39 is 0 Å². The molecule has 0 radical (unpaired) electrons. The molecular weight excluding hydrogens is 1240 g/mol. The number of hydrogen-bond acceptors (Lipinski definition) is 2. The van der Waals surface area contributed by atoms with Gasteiger partial charge in [-0.1, -0.05) is 182 Å². The van der Waals surface area contributed by atoms with Gasteiger partial charge in [0, 0.05) is 89.0 Å². The average molecular weight is 1290 g/mol. The smallest absolute Gasteiger partial charge is 0.0735 e. The molecule has 102 heavy (non-hydrogen) atoms. The molecule has 6 heteroatoms. The van der Waals surface area contributed by atoms with Crippen molar-refractivity contribution in [3.63, 3.8) is 0 Å². The van der Waals surface area contributed by atoms with Crippen LogP contribution in [-0.4, -0.2) is 28.2 Å². The third-order valence-electron chi connectivity index (χ3n) is 22.3. The molecule has 6 aromatic heterocycles. The van der Waals surface area contributed by atoms with Gasteiger partial charge in [0.05, 0.1) is 55.2 Å². The molecular formula is C96H56N6. The highest BCUT2D eigenvalue weighted by Gasteiger charge is 2.30. The van der Waals surface area contributed by atoms with E-state index in [0.29, 0.717) is 0 Å². The summed E-state index contributed by atoms with van der Waals surface area (Å²) in [5, 5.41) is 12.1. The minimum Gasteiger partial charge on any atom is -0.309 e. The Hall–Kier alpha value is -13.7. The summed E-state index contributed by atoms with van der Waals surface area (Å²) < 4.78 is 9.71. The van der Waals surface area contributed by atoms with Crippen molar-refractivity contribution in [2.75, 3.05) is 0 Å². The standard InChI is InChI=1S/C96H56N6/c1-4-18-63(19-5-1)99-85-31-14-12-26-69(85)77-48-57(35-40-87(77)99)58-36-42-89-79(50-58)80-51-60(38-43-90(80)100(89)64-20-6-2-7-21-64)62-52-81-73-29-16-28-71(93(73)76-45-47-97-83(53-62)95(76)81)72-30-17-33-91-96(72)75-39-34-61(54-92(75)101(91)65-22-8-3-9-23-65)59-37-41-88-78(49-59)70-27-13-15-32-86(70)102(88)66-55-82-68-25-11-10-24-67(68)74-44-46-98-84(56-66)94(74)82/h1-56H.